The summed E-state index contributed by atoms with van der Waals surface area (Å²) in [6.45, 7) is 0. The Bertz CT molecular complexity index is 897. The first-order chi connectivity index (χ1) is 11.2. The van der Waals surface area contributed by atoms with Crippen molar-refractivity contribution in [3.05, 3.63) is 57.6 Å². The van der Waals surface area contributed by atoms with Gasteiger partial charge in [-0.3, -0.25) is 14.6 Å². The van der Waals surface area contributed by atoms with Crippen molar-refractivity contribution in [1.82, 2.24) is 0 Å². The summed E-state index contributed by atoms with van der Waals surface area (Å²) in [6.07, 6.45) is 0. The summed E-state index contributed by atoms with van der Waals surface area (Å²) in [5, 5.41) is 11.5. The number of benzene rings is 2. The molecule has 0 aliphatic rings. The molecule has 0 radical (unpaired) electrons. The van der Waals surface area contributed by atoms with E-state index in [-0.39, 0.29) is 56.6 Å². The van der Waals surface area contributed by atoms with E-state index in [1.165, 1.54) is 30.3 Å². The van der Waals surface area contributed by atoms with E-state index < -0.39 is 13.7 Å². The molecule has 0 saturated heterocycles. The minimum absolute atomic E-state index is 0. The van der Waals surface area contributed by atoms with Gasteiger partial charge in [-0.05, 0) is 36.4 Å². The summed E-state index contributed by atoms with van der Waals surface area (Å²) in [4.78, 5) is 30.2. The second-order valence-corrected chi connectivity index (χ2v) is 6.49. The number of phosphoric ester groups is 1. The molecule has 25 heavy (non-hydrogen) atoms. The molecule has 0 heterocycles. The Labute approximate surface area is 175 Å². The summed E-state index contributed by atoms with van der Waals surface area (Å²) >= 11 is 11.8. The number of amides is 1. The molecule has 0 atom stereocenters. The fraction of sp³-hybridized carbons (Fsp3) is 0. The molecule has 1 amide bonds. The summed E-state index contributed by atoms with van der Waals surface area (Å²) in [6, 6.07) is 9.81. The topological polar surface area (TPSA) is 120 Å². The third kappa shape index (κ3) is 6.30. The first-order valence-corrected chi connectivity index (χ1v) is 8.54. The van der Waals surface area contributed by atoms with Gasteiger partial charge in [0.1, 0.15) is 5.75 Å². The van der Waals surface area contributed by atoms with Crippen LogP contribution in [0.15, 0.2) is 36.4 Å². The first-order valence-electron chi connectivity index (χ1n) is 6.25. The molecule has 2 aromatic rings. The monoisotopic (exact) mass is 410 g/mol. The van der Waals surface area contributed by atoms with E-state index in [2.05, 4.69) is 9.84 Å². The van der Waals surface area contributed by atoms with Crippen LogP contribution in [0, 0.1) is 11.3 Å². The Balaban J connectivity index is 0.00000312. The number of carbonyl (C=O) groups is 1. The number of carbonyl (C=O) groups excluding carboxylic acids is 1. The van der Waals surface area contributed by atoms with Gasteiger partial charge in [0, 0.05) is 5.02 Å². The van der Waals surface area contributed by atoms with Gasteiger partial charge in [0.25, 0.3) is 5.91 Å². The number of phosphoric acid groups is 1. The Kier molecular flexibility index (Phi) is 7.94. The molecular weight excluding hydrogens is 401 g/mol. The van der Waals surface area contributed by atoms with Crippen LogP contribution in [0.25, 0.3) is 0 Å². The van der Waals surface area contributed by atoms with Gasteiger partial charge in [0.05, 0.1) is 27.9 Å². The number of hydrogen-bond acceptors (Lipinski definition) is 4. The number of hydrogen-bond donors (Lipinski definition) is 3. The van der Waals surface area contributed by atoms with Crippen LogP contribution in [0.1, 0.15) is 15.9 Å². The van der Waals surface area contributed by atoms with Crippen molar-refractivity contribution in [2.45, 2.75) is 0 Å². The summed E-state index contributed by atoms with van der Waals surface area (Å²) in [7, 11) is -4.86. The van der Waals surface area contributed by atoms with Gasteiger partial charge in [-0.25, -0.2) is 4.57 Å². The molecule has 0 aliphatic heterocycles. The van der Waals surface area contributed by atoms with Crippen LogP contribution < -0.4 is 9.84 Å². The van der Waals surface area contributed by atoms with Gasteiger partial charge in [0.15, 0.2) is 0 Å². The van der Waals surface area contributed by atoms with Crippen molar-refractivity contribution in [1.29, 1.82) is 5.26 Å². The molecule has 0 aromatic heterocycles. The number of nitrogens with one attached hydrogen (secondary N) is 1. The molecule has 0 spiro atoms. The van der Waals surface area contributed by atoms with Crippen molar-refractivity contribution in [3.63, 3.8) is 0 Å². The molecule has 0 unspecified atom stereocenters. The third-order valence-corrected chi connectivity index (χ3v) is 3.73. The second kappa shape index (κ2) is 9.04. The predicted octanol–water partition coefficient (Wildman–Crippen LogP) is 2.94. The van der Waals surface area contributed by atoms with E-state index in [0.29, 0.717) is 5.56 Å². The number of nitrogens with zero attached hydrogens (tertiary/aromatic N) is 1. The zero-order valence-electron chi connectivity index (χ0n) is 11.7. The number of anilines is 1. The van der Waals surface area contributed by atoms with E-state index >= 15 is 0 Å². The van der Waals surface area contributed by atoms with Gasteiger partial charge in [0.2, 0.25) is 0 Å². The van der Waals surface area contributed by atoms with E-state index in [4.69, 9.17) is 38.3 Å². The number of rotatable bonds is 4. The van der Waals surface area contributed by atoms with Crippen LogP contribution in [0.2, 0.25) is 10.0 Å². The fourth-order valence-corrected chi connectivity index (χ4v) is 2.58. The van der Waals surface area contributed by atoms with Crippen LogP contribution in [0.4, 0.5) is 5.69 Å². The van der Waals surface area contributed by atoms with E-state index in [1.807, 2.05) is 6.07 Å². The Morgan fingerprint density at radius 1 is 1.20 bits per heavy atom. The van der Waals surface area contributed by atoms with Gasteiger partial charge in [-0.2, -0.15) is 5.26 Å². The van der Waals surface area contributed by atoms with Crippen molar-refractivity contribution in [2.24, 2.45) is 0 Å². The average Bonchev–Trinajstić information content (AvgIpc) is 2.49. The van der Waals surface area contributed by atoms with Crippen LogP contribution in [-0.2, 0) is 4.57 Å². The molecule has 0 saturated carbocycles. The molecule has 2 aromatic carbocycles. The Hall–Kier alpha value is -1.07. The summed E-state index contributed by atoms with van der Waals surface area (Å²) < 4.78 is 15.5. The Morgan fingerprint density at radius 2 is 1.88 bits per heavy atom. The zero-order chi connectivity index (χ0) is 17.9. The molecule has 3 N–H and O–H groups in total. The average molecular weight is 411 g/mol. The summed E-state index contributed by atoms with van der Waals surface area (Å²) in [5.74, 6) is -1.08. The SMILES string of the molecule is N#Cc1ccc(NC(=O)c2cc(Cl)ccc2OP(=O)(O)O)c(Cl)c1.[NaH]. The second-order valence-electron chi connectivity index (χ2n) is 4.48. The summed E-state index contributed by atoms with van der Waals surface area (Å²) in [5.41, 5.74) is 0.334. The molecule has 11 heteroatoms. The Morgan fingerprint density at radius 3 is 2.44 bits per heavy atom. The number of nitriles is 1. The molecule has 0 bridgehead atoms. The van der Waals surface area contributed by atoms with Gasteiger partial charge in [-0.15, -0.1) is 0 Å². The minimum atomic E-state index is -4.86. The molecular formula is C14H10Cl2N2NaO5P. The van der Waals surface area contributed by atoms with Crippen molar-refractivity contribution in [2.75, 3.05) is 5.32 Å². The van der Waals surface area contributed by atoms with Gasteiger partial charge < -0.3 is 9.84 Å². The fourth-order valence-electron chi connectivity index (χ4n) is 1.76. The molecule has 0 aliphatic carbocycles. The van der Waals surface area contributed by atoms with Gasteiger partial charge >= 0.3 is 37.4 Å². The maximum absolute atomic E-state index is 12.4. The zero-order valence-corrected chi connectivity index (χ0v) is 14.1. The van der Waals surface area contributed by atoms with Crippen molar-refractivity contribution < 1.29 is 23.7 Å². The van der Waals surface area contributed by atoms with E-state index in [0.717, 1.165) is 6.07 Å². The third-order valence-electron chi connectivity index (χ3n) is 2.75. The van der Waals surface area contributed by atoms with Crippen LogP contribution in [0.5, 0.6) is 5.75 Å². The molecule has 0 fully saturated rings. The maximum atomic E-state index is 12.4. The first kappa shape index (κ1) is 22.0. The van der Waals surface area contributed by atoms with Crippen LogP contribution in [0.3, 0.4) is 0 Å². The molecule has 7 nitrogen and oxygen atoms in total. The van der Waals surface area contributed by atoms with Gasteiger partial charge in [-0.1, -0.05) is 23.2 Å². The normalized spacial score (nSPS) is 10.4. The molecule has 126 valence electrons. The standard InChI is InChI=1S/C14H9Cl2N2O5P.Na.H/c15-9-2-4-13(23-24(20,21)22)10(6-9)14(19)18-12-3-1-8(7-17)5-11(12)16;;/h1-6H,(H,18,19)(H2,20,21,22);;. The molecule has 2 rings (SSSR count). The quantitative estimate of drug-likeness (QED) is 0.526. The van der Waals surface area contributed by atoms with Crippen molar-refractivity contribution in [3.8, 4) is 11.8 Å². The number of halogens is 2. The van der Waals surface area contributed by atoms with E-state index in [1.54, 1.807) is 0 Å². The predicted molar refractivity (Wildman–Crippen MR) is 95.4 cm³/mol. The van der Waals surface area contributed by atoms with Crippen LogP contribution >= 0.6 is 31.0 Å². The van der Waals surface area contributed by atoms with Crippen molar-refractivity contribution >= 4 is 72.2 Å². The van der Waals surface area contributed by atoms with E-state index in [9.17, 15) is 9.36 Å². The van der Waals surface area contributed by atoms with Crippen LogP contribution in [-0.4, -0.2) is 45.3 Å².